The van der Waals surface area contributed by atoms with Crippen LogP contribution in [0.25, 0.3) is 0 Å². The Morgan fingerprint density at radius 1 is 1.20 bits per heavy atom. The first kappa shape index (κ1) is 21.5. The molecule has 0 aromatic heterocycles. The third kappa shape index (κ3) is 6.33. The lowest BCUT2D eigenvalue weighted by molar-refractivity contribution is -0.128. The molecule has 1 fully saturated rings. The zero-order valence-corrected chi connectivity index (χ0v) is 16.3. The van der Waals surface area contributed by atoms with E-state index in [1.807, 2.05) is 45.0 Å². The lowest BCUT2D eigenvalue weighted by Crippen LogP contribution is -2.50. The lowest BCUT2D eigenvalue weighted by atomic mass is 9.94. The molecular weight excluding hydrogens is 338 g/mol. The monoisotopic (exact) mass is 367 g/mol. The summed E-state index contributed by atoms with van der Waals surface area (Å²) >= 11 is 0. The van der Waals surface area contributed by atoms with Crippen LogP contribution >= 0.6 is 12.4 Å². The first-order valence-corrected chi connectivity index (χ1v) is 8.66. The van der Waals surface area contributed by atoms with Gasteiger partial charge < -0.3 is 16.0 Å². The topological polar surface area (TPSA) is 70.2 Å². The summed E-state index contributed by atoms with van der Waals surface area (Å²) in [6.45, 7) is 10.1. The molecule has 0 bridgehead atoms. The summed E-state index contributed by atoms with van der Waals surface area (Å²) in [6, 6.07) is 7.58. The van der Waals surface area contributed by atoms with Crippen LogP contribution in [-0.4, -0.2) is 30.9 Å². The number of nitrogens with one attached hydrogen (secondary N) is 3. The van der Waals surface area contributed by atoms with Crippen molar-refractivity contribution >= 4 is 24.2 Å². The second-order valence-electron chi connectivity index (χ2n) is 7.68. The molecule has 0 saturated carbocycles. The fourth-order valence-electron chi connectivity index (χ4n) is 2.66. The van der Waals surface area contributed by atoms with E-state index in [4.69, 9.17) is 0 Å². The van der Waals surface area contributed by atoms with Crippen LogP contribution < -0.4 is 16.0 Å². The molecule has 140 valence electrons. The number of carbonyl (C=O) groups is 2. The molecule has 0 aliphatic carbocycles. The van der Waals surface area contributed by atoms with E-state index in [2.05, 4.69) is 22.9 Å². The largest absolute Gasteiger partial charge is 0.352 e. The van der Waals surface area contributed by atoms with Crippen LogP contribution in [0, 0.1) is 11.3 Å². The summed E-state index contributed by atoms with van der Waals surface area (Å²) in [5, 5.41) is 9.33. The number of halogens is 1. The van der Waals surface area contributed by atoms with Crippen molar-refractivity contribution in [1.29, 1.82) is 0 Å². The van der Waals surface area contributed by atoms with Crippen LogP contribution in [0.4, 0.5) is 0 Å². The highest BCUT2D eigenvalue weighted by atomic mass is 35.5. The van der Waals surface area contributed by atoms with Gasteiger partial charge in [0, 0.05) is 30.1 Å². The maximum atomic E-state index is 12.4. The Morgan fingerprint density at radius 3 is 2.40 bits per heavy atom. The Kier molecular flexibility index (Phi) is 7.90. The van der Waals surface area contributed by atoms with E-state index >= 15 is 0 Å². The quantitative estimate of drug-likeness (QED) is 0.765. The van der Waals surface area contributed by atoms with Crippen LogP contribution in [0.5, 0.6) is 0 Å². The van der Waals surface area contributed by atoms with Crippen molar-refractivity contribution < 1.29 is 9.59 Å². The summed E-state index contributed by atoms with van der Waals surface area (Å²) in [7, 11) is 0. The Labute approximate surface area is 156 Å². The van der Waals surface area contributed by atoms with Gasteiger partial charge in [-0.2, -0.15) is 0 Å². The summed E-state index contributed by atoms with van der Waals surface area (Å²) in [4.78, 5) is 24.2. The SMILES string of the molecule is CC1CCNCC1NC(=O)c1ccc(CNC(=O)C(C)(C)C)cc1.Cl. The van der Waals surface area contributed by atoms with E-state index in [1.54, 1.807) is 0 Å². The van der Waals surface area contributed by atoms with Crippen molar-refractivity contribution in [2.24, 2.45) is 11.3 Å². The van der Waals surface area contributed by atoms with Crippen molar-refractivity contribution in [2.75, 3.05) is 13.1 Å². The average Bonchev–Trinajstić information content (AvgIpc) is 2.54. The van der Waals surface area contributed by atoms with Gasteiger partial charge in [-0.3, -0.25) is 9.59 Å². The second kappa shape index (κ2) is 9.20. The van der Waals surface area contributed by atoms with Crippen LogP contribution in [0.1, 0.15) is 50.0 Å². The summed E-state index contributed by atoms with van der Waals surface area (Å²) in [5.74, 6) is 0.464. The van der Waals surface area contributed by atoms with Crippen molar-refractivity contribution in [2.45, 2.75) is 46.7 Å². The number of rotatable bonds is 4. The third-order valence-electron chi connectivity index (χ3n) is 4.49. The molecular formula is C19H30ClN3O2. The molecule has 1 aromatic rings. The van der Waals surface area contributed by atoms with E-state index in [9.17, 15) is 9.59 Å². The number of amides is 2. The minimum atomic E-state index is -0.398. The molecule has 1 saturated heterocycles. The molecule has 25 heavy (non-hydrogen) atoms. The molecule has 2 rings (SSSR count). The van der Waals surface area contributed by atoms with Gasteiger partial charge in [0.05, 0.1) is 0 Å². The number of hydrogen-bond acceptors (Lipinski definition) is 3. The Morgan fingerprint density at radius 2 is 1.84 bits per heavy atom. The molecule has 6 heteroatoms. The van der Waals surface area contributed by atoms with Gasteiger partial charge >= 0.3 is 0 Å². The zero-order chi connectivity index (χ0) is 17.7. The summed E-state index contributed by atoms with van der Waals surface area (Å²) in [5.41, 5.74) is 1.24. The number of benzene rings is 1. The van der Waals surface area contributed by atoms with Crippen molar-refractivity contribution in [1.82, 2.24) is 16.0 Å². The van der Waals surface area contributed by atoms with Gasteiger partial charge in [0.2, 0.25) is 5.91 Å². The van der Waals surface area contributed by atoms with Crippen LogP contribution in [0.15, 0.2) is 24.3 Å². The predicted molar refractivity (Wildman–Crippen MR) is 103 cm³/mol. The van der Waals surface area contributed by atoms with Crippen LogP contribution in [0.3, 0.4) is 0 Å². The fourth-order valence-corrected chi connectivity index (χ4v) is 2.66. The summed E-state index contributed by atoms with van der Waals surface area (Å²) in [6.07, 6.45) is 1.08. The minimum Gasteiger partial charge on any atom is -0.352 e. The Bertz CT molecular complexity index is 581. The number of piperidine rings is 1. The van der Waals surface area contributed by atoms with Gasteiger partial charge in [-0.1, -0.05) is 39.8 Å². The molecule has 0 spiro atoms. The minimum absolute atomic E-state index is 0. The second-order valence-corrected chi connectivity index (χ2v) is 7.68. The molecule has 0 radical (unpaired) electrons. The van der Waals surface area contributed by atoms with E-state index in [1.165, 1.54) is 0 Å². The molecule has 2 unspecified atom stereocenters. The Hall–Kier alpha value is -1.59. The predicted octanol–water partition coefficient (Wildman–Crippen LogP) is 2.50. The van der Waals surface area contributed by atoms with Gasteiger partial charge in [-0.05, 0) is 36.6 Å². The molecule has 1 heterocycles. The fraction of sp³-hybridized carbons (Fsp3) is 0.579. The third-order valence-corrected chi connectivity index (χ3v) is 4.49. The standard InChI is InChI=1S/C19H29N3O2.ClH/c1-13-9-10-20-12-16(13)22-17(23)15-7-5-14(6-8-15)11-21-18(24)19(2,3)4;/h5-8,13,16,20H,9-12H2,1-4H3,(H,21,24)(H,22,23);1H. The van der Waals surface area contributed by atoms with E-state index in [-0.39, 0.29) is 30.3 Å². The summed E-state index contributed by atoms with van der Waals surface area (Å²) < 4.78 is 0. The number of carbonyl (C=O) groups excluding carboxylic acids is 2. The zero-order valence-electron chi connectivity index (χ0n) is 15.5. The smallest absolute Gasteiger partial charge is 0.251 e. The maximum absolute atomic E-state index is 12.4. The molecule has 1 aromatic carbocycles. The first-order chi connectivity index (χ1) is 11.3. The molecule has 2 atom stereocenters. The normalized spacial score (nSPS) is 20.3. The van der Waals surface area contributed by atoms with Gasteiger partial charge in [0.25, 0.3) is 5.91 Å². The van der Waals surface area contributed by atoms with Crippen molar-refractivity contribution in [3.05, 3.63) is 35.4 Å². The molecule has 5 nitrogen and oxygen atoms in total. The van der Waals surface area contributed by atoms with Crippen molar-refractivity contribution in [3.63, 3.8) is 0 Å². The van der Waals surface area contributed by atoms with Gasteiger partial charge in [-0.15, -0.1) is 12.4 Å². The number of hydrogen-bond donors (Lipinski definition) is 3. The molecule has 2 amide bonds. The van der Waals surface area contributed by atoms with Crippen molar-refractivity contribution in [3.8, 4) is 0 Å². The highest BCUT2D eigenvalue weighted by Crippen LogP contribution is 2.14. The molecule has 1 aliphatic rings. The highest BCUT2D eigenvalue weighted by Gasteiger charge is 2.23. The van der Waals surface area contributed by atoms with E-state index in [0.717, 1.165) is 25.1 Å². The van der Waals surface area contributed by atoms with E-state index in [0.29, 0.717) is 18.0 Å². The lowest BCUT2D eigenvalue weighted by Gasteiger charge is -2.30. The van der Waals surface area contributed by atoms with E-state index < -0.39 is 5.41 Å². The van der Waals surface area contributed by atoms with Gasteiger partial charge in [0.15, 0.2) is 0 Å². The van der Waals surface area contributed by atoms with Crippen LogP contribution in [-0.2, 0) is 11.3 Å². The van der Waals surface area contributed by atoms with Gasteiger partial charge in [-0.25, -0.2) is 0 Å². The van der Waals surface area contributed by atoms with Gasteiger partial charge in [0.1, 0.15) is 0 Å². The Balaban J connectivity index is 0.00000312. The van der Waals surface area contributed by atoms with Crippen LogP contribution in [0.2, 0.25) is 0 Å². The average molecular weight is 368 g/mol. The molecule has 1 aliphatic heterocycles. The maximum Gasteiger partial charge on any atom is 0.251 e. The first-order valence-electron chi connectivity index (χ1n) is 8.66. The highest BCUT2D eigenvalue weighted by molar-refractivity contribution is 5.94. The molecule has 3 N–H and O–H groups in total.